The molecule has 122 valence electrons. The van der Waals surface area contributed by atoms with Gasteiger partial charge in [0.2, 0.25) is 0 Å². The van der Waals surface area contributed by atoms with E-state index in [1.807, 2.05) is 0 Å². The van der Waals surface area contributed by atoms with Crippen molar-refractivity contribution >= 4 is 16.7 Å². The van der Waals surface area contributed by atoms with Crippen LogP contribution in [-0.2, 0) is 13.6 Å². The first-order chi connectivity index (χ1) is 11.5. The molecule has 1 amide bonds. The lowest BCUT2D eigenvalue weighted by atomic mass is 10.1. The van der Waals surface area contributed by atoms with Gasteiger partial charge in [0.15, 0.2) is 5.69 Å². The van der Waals surface area contributed by atoms with Crippen molar-refractivity contribution in [3.63, 3.8) is 0 Å². The van der Waals surface area contributed by atoms with E-state index in [0.29, 0.717) is 16.3 Å². The molecule has 0 unspecified atom stereocenters. The second-order valence-electron chi connectivity index (χ2n) is 5.58. The van der Waals surface area contributed by atoms with Crippen LogP contribution in [0.5, 0.6) is 0 Å². The fourth-order valence-electron chi connectivity index (χ4n) is 2.59. The van der Waals surface area contributed by atoms with Gasteiger partial charge in [0.05, 0.1) is 5.39 Å². The Kier molecular flexibility index (Phi) is 4.12. The summed E-state index contributed by atoms with van der Waals surface area (Å²) in [6.07, 6.45) is 0. The molecule has 6 heteroatoms. The topological polar surface area (TPSA) is 55.2 Å². The van der Waals surface area contributed by atoms with Gasteiger partial charge in [0.1, 0.15) is 5.82 Å². The van der Waals surface area contributed by atoms with Crippen molar-refractivity contribution in [3.05, 3.63) is 76.0 Å². The van der Waals surface area contributed by atoms with E-state index in [2.05, 4.69) is 5.10 Å². The number of benzene rings is 2. The molecule has 3 aromatic rings. The van der Waals surface area contributed by atoms with Gasteiger partial charge in [-0.05, 0) is 12.1 Å². The van der Waals surface area contributed by atoms with Crippen molar-refractivity contribution in [1.29, 1.82) is 0 Å². The molecule has 0 saturated heterocycles. The predicted molar refractivity (Wildman–Crippen MR) is 89.2 cm³/mol. The lowest BCUT2D eigenvalue weighted by Gasteiger charge is -2.18. The fraction of sp³-hybridized carbons (Fsp3) is 0.167. The number of carbonyl (C=O) groups is 1. The van der Waals surface area contributed by atoms with Crippen LogP contribution in [-0.4, -0.2) is 27.6 Å². The van der Waals surface area contributed by atoms with Gasteiger partial charge in [-0.2, -0.15) is 5.10 Å². The summed E-state index contributed by atoms with van der Waals surface area (Å²) in [5, 5.41) is 5.03. The molecule has 3 rings (SSSR count). The smallest absolute Gasteiger partial charge is 0.274 e. The zero-order valence-electron chi connectivity index (χ0n) is 13.4. The van der Waals surface area contributed by atoms with Crippen LogP contribution in [0.15, 0.2) is 53.3 Å². The highest BCUT2D eigenvalue weighted by atomic mass is 19.1. The first kappa shape index (κ1) is 15.9. The van der Waals surface area contributed by atoms with Crippen LogP contribution in [0.1, 0.15) is 16.1 Å². The van der Waals surface area contributed by atoms with Gasteiger partial charge in [0, 0.05) is 31.6 Å². The van der Waals surface area contributed by atoms with Gasteiger partial charge in [0.25, 0.3) is 11.5 Å². The Balaban J connectivity index is 2.01. The molecule has 0 N–H and O–H groups in total. The van der Waals surface area contributed by atoms with Crippen molar-refractivity contribution in [2.45, 2.75) is 6.54 Å². The minimum Gasteiger partial charge on any atom is -0.336 e. The molecule has 0 aliphatic rings. The van der Waals surface area contributed by atoms with E-state index in [1.165, 1.54) is 18.0 Å². The number of halogens is 1. The molecule has 1 aromatic heterocycles. The molecule has 0 aliphatic heterocycles. The summed E-state index contributed by atoms with van der Waals surface area (Å²) < 4.78 is 14.9. The Bertz CT molecular complexity index is 981. The first-order valence-corrected chi connectivity index (χ1v) is 7.44. The van der Waals surface area contributed by atoms with E-state index in [-0.39, 0.29) is 29.5 Å². The molecule has 0 saturated carbocycles. The zero-order valence-corrected chi connectivity index (χ0v) is 13.4. The Morgan fingerprint density at radius 3 is 2.46 bits per heavy atom. The van der Waals surface area contributed by atoms with E-state index >= 15 is 0 Å². The van der Waals surface area contributed by atoms with Crippen molar-refractivity contribution in [2.24, 2.45) is 7.05 Å². The number of rotatable bonds is 3. The molecule has 0 spiro atoms. The summed E-state index contributed by atoms with van der Waals surface area (Å²) in [7, 11) is 3.08. The largest absolute Gasteiger partial charge is 0.336 e. The third kappa shape index (κ3) is 2.78. The number of hydrogen-bond acceptors (Lipinski definition) is 3. The third-order valence-electron chi connectivity index (χ3n) is 3.87. The molecular formula is C18H16FN3O2. The van der Waals surface area contributed by atoms with Crippen LogP contribution in [0.3, 0.4) is 0 Å². The molecule has 5 nitrogen and oxygen atoms in total. The van der Waals surface area contributed by atoms with Gasteiger partial charge >= 0.3 is 0 Å². The highest BCUT2D eigenvalue weighted by Crippen LogP contribution is 2.16. The molecule has 0 aliphatic carbocycles. The second kappa shape index (κ2) is 6.23. The number of amides is 1. The third-order valence-corrected chi connectivity index (χ3v) is 3.87. The first-order valence-electron chi connectivity index (χ1n) is 7.44. The van der Waals surface area contributed by atoms with Crippen LogP contribution in [0.2, 0.25) is 0 Å². The lowest BCUT2D eigenvalue weighted by Crippen LogP contribution is -2.31. The average Bonchev–Trinajstić information content (AvgIpc) is 2.59. The van der Waals surface area contributed by atoms with E-state index in [0.717, 1.165) is 4.68 Å². The molecule has 1 heterocycles. The van der Waals surface area contributed by atoms with Gasteiger partial charge in [-0.1, -0.05) is 36.4 Å². The number of carbonyl (C=O) groups excluding carboxylic acids is 1. The molecule has 0 radical (unpaired) electrons. The van der Waals surface area contributed by atoms with Crippen molar-refractivity contribution in [2.75, 3.05) is 7.05 Å². The Hall–Kier alpha value is -3.02. The summed E-state index contributed by atoms with van der Waals surface area (Å²) in [6.45, 7) is 0.115. The Labute approximate surface area is 137 Å². The zero-order chi connectivity index (χ0) is 17.3. The molecule has 2 aromatic carbocycles. The van der Waals surface area contributed by atoms with Crippen molar-refractivity contribution in [1.82, 2.24) is 14.7 Å². The highest BCUT2D eigenvalue weighted by molar-refractivity contribution is 6.04. The molecule has 0 atom stereocenters. The molecule has 24 heavy (non-hydrogen) atoms. The number of fused-ring (bicyclic) bond motifs is 1. The number of aromatic nitrogens is 2. The molecule has 0 fully saturated rings. The van der Waals surface area contributed by atoms with Crippen LogP contribution in [0.4, 0.5) is 4.39 Å². The standard InChI is InChI=1S/C18H16FN3O2/c1-21(11-12-7-3-6-10-15(12)19)18(24)16-13-8-4-5-9-14(13)17(23)22(2)20-16/h3-10H,11H2,1-2H3. The lowest BCUT2D eigenvalue weighted by molar-refractivity contribution is 0.0778. The SMILES string of the molecule is CN(Cc1ccccc1F)C(=O)c1nn(C)c(=O)c2ccccc12. The molecular weight excluding hydrogens is 309 g/mol. The molecule has 0 bridgehead atoms. The Morgan fingerprint density at radius 2 is 1.75 bits per heavy atom. The van der Waals surface area contributed by atoms with Gasteiger partial charge in [-0.15, -0.1) is 0 Å². The minimum absolute atomic E-state index is 0.115. The van der Waals surface area contributed by atoms with Crippen LogP contribution >= 0.6 is 0 Å². The van der Waals surface area contributed by atoms with Crippen LogP contribution in [0.25, 0.3) is 10.8 Å². The van der Waals surface area contributed by atoms with E-state index in [1.54, 1.807) is 49.5 Å². The van der Waals surface area contributed by atoms with E-state index in [4.69, 9.17) is 0 Å². The highest BCUT2D eigenvalue weighted by Gasteiger charge is 2.20. The van der Waals surface area contributed by atoms with Gasteiger partial charge in [-0.25, -0.2) is 9.07 Å². The quantitative estimate of drug-likeness (QED) is 0.743. The monoisotopic (exact) mass is 325 g/mol. The van der Waals surface area contributed by atoms with Crippen molar-refractivity contribution < 1.29 is 9.18 Å². The number of nitrogens with zero attached hydrogens (tertiary/aromatic N) is 3. The number of hydrogen-bond donors (Lipinski definition) is 0. The normalized spacial score (nSPS) is 10.8. The minimum atomic E-state index is -0.370. The van der Waals surface area contributed by atoms with Crippen LogP contribution < -0.4 is 5.56 Å². The maximum absolute atomic E-state index is 13.8. The fourth-order valence-corrected chi connectivity index (χ4v) is 2.59. The van der Waals surface area contributed by atoms with E-state index < -0.39 is 0 Å². The van der Waals surface area contributed by atoms with Gasteiger partial charge < -0.3 is 4.90 Å². The summed E-state index contributed by atoms with van der Waals surface area (Å²) in [4.78, 5) is 26.3. The maximum Gasteiger partial charge on any atom is 0.274 e. The predicted octanol–water partition coefficient (Wildman–Crippen LogP) is 2.34. The van der Waals surface area contributed by atoms with E-state index in [9.17, 15) is 14.0 Å². The Morgan fingerprint density at radius 1 is 1.12 bits per heavy atom. The summed E-state index contributed by atoms with van der Waals surface area (Å²) in [6, 6.07) is 13.1. The summed E-state index contributed by atoms with van der Waals surface area (Å²) in [5.74, 6) is -0.736. The average molecular weight is 325 g/mol. The summed E-state index contributed by atoms with van der Waals surface area (Å²) in [5.41, 5.74) is 0.327. The maximum atomic E-state index is 13.8. The van der Waals surface area contributed by atoms with Gasteiger partial charge in [-0.3, -0.25) is 9.59 Å². The van der Waals surface area contributed by atoms with Crippen molar-refractivity contribution in [3.8, 4) is 0 Å². The summed E-state index contributed by atoms with van der Waals surface area (Å²) >= 11 is 0. The number of aryl methyl sites for hydroxylation is 1. The second-order valence-corrected chi connectivity index (χ2v) is 5.58. The van der Waals surface area contributed by atoms with Crippen LogP contribution in [0, 0.1) is 5.82 Å².